The van der Waals surface area contributed by atoms with E-state index in [0.717, 1.165) is 0 Å². The van der Waals surface area contributed by atoms with Gasteiger partial charge in [-0.15, -0.1) is 8.93 Å². The lowest BCUT2D eigenvalue weighted by molar-refractivity contribution is 0.605. The molecule has 2 unspecified atom stereocenters. The Balaban J connectivity index is 2.30. The zero-order valence-electron chi connectivity index (χ0n) is 1.93. The lowest BCUT2D eigenvalue weighted by Gasteiger charge is -1.50. The predicted molar refractivity (Wildman–Crippen MR) is 25.6 cm³/mol. The van der Waals surface area contributed by atoms with Crippen LogP contribution in [0.3, 0.4) is 0 Å². The second-order valence-electron chi connectivity index (χ2n) is 0.220. The van der Waals surface area contributed by atoms with Crippen molar-refractivity contribution in [2.24, 2.45) is 0 Å². The Morgan fingerprint density at radius 1 is 2.00 bits per heavy atom. The first-order valence-corrected chi connectivity index (χ1v) is 5.16. The maximum Gasteiger partial charge on any atom is 0.181 e. The summed E-state index contributed by atoms with van der Waals surface area (Å²) >= 11 is 0. The summed E-state index contributed by atoms with van der Waals surface area (Å²) < 4.78 is 9.26. The Labute approximate surface area is 30.5 Å². The van der Waals surface area contributed by atoms with Gasteiger partial charge in [-0.3, -0.25) is 4.57 Å². The van der Waals surface area contributed by atoms with E-state index in [0.29, 0.717) is 7.96 Å². The van der Waals surface area contributed by atoms with Crippen LogP contribution in [0.5, 0.6) is 0 Å². The molecule has 1 nitrogen and oxygen atoms in total. The smallest absolute Gasteiger partial charge is 0.181 e. The molecule has 0 saturated carbocycles. The molecular formula is H3OP3. The molecule has 0 aromatic carbocycles. The summed E-state index contributed by atoms with van der Waals surface area (Å²) in [7, 11) is 3.07. The minimum absolute atomic E-state index is 0.239. The van der Waals surface area contributed by atoms with Gasteiger partial charge in [0, 0.05) is 0 Å². The molecule has 0 amide bonds. The van der Waals surface area contributed by atoms with Crippen molar-refractivity contribution in [1.29, 1.82) is 0 Å². The van der Waals surface area contributed by atoms with Crippen LogP contribution in [-0.4, -0.2) is 0 Å². The molecule has 0 spiro atoms. The third-order valence-corrected chi connectivity index (χ3v) is 1.42. The Kier molecular flexibility index (Phi) is 4.91. The number of hydrogen-bond acceptors (Lipinski definition) is 1. The number of rotatable bonds is 1. The maximum atomic E-state index is 9.26. The largest absolute Gasteiger partial charge is 0.270 e. The molecule has 0 aliphatic heterocycles. The fourth-order valence-electron chi connectivity index (χ4n) is 0. The quantitative estimate of drug-likeness (QED) is 0.471. The van der Waals surface area contributed by atoms with E-state index in [1.165, 1.54) is 0 Å². The number of hydrogen-bond donors (Lipinski definition) is 0. The Morgan fingerprint density at radius 3 is 2.25 bits per heavy atom. The summed E-state index contributed by atoms with van der Waals surface area (Å²) in [4.78, 5) is 0. The van der Waals surface area contributed by atoms with Crippen LogP contribution < -0.4 is 0 Å². The van der Waals surface area contributed by atoms with Crippen molar-refractivity contribution >= 4 is 25.0 Å². The van der Waals surface area contributed by atoms with Gasteiger partial charge >= 0.3 is 0 Å². The molecular weight excluding hydrogens is 109 g/mol. The molecule has 0 bridgehead atoms. The van der Waals surface area contributed by atoms with Crippen molar-refractivity contribution in [3.8, 4) is 0 Å². The molecule has 0 saturated heterocycles. The molecule has 4 heteroatoms. The third-order valence-electron chi connectivity index (χ3n) is 0.0527. The van der Waals surface area contributed by atoms with Gasteiger partial charge in [0.25, 0.3) is 0 Å². The molecule has 2 atom stereocenters. The summed E-state index contributed by atoms with van der Waals surface area (Å²) in [6, 6.07) is 0. The summed E-state index contributed by atoms with van der Waals surface area (Å²) in [6.07, 6.45) is 0. The second kappa shape index (κ2) is 3.96. The van der Waals surface area contributed by atoms with Crippen molar-refractivity contribution in [2.45, 2.75) is 0 Å². The molecule has 0 aromatic heterocycles. The molecule has 0 rings (SSSR count). The van der Waals surface area contributed by atoms with Gasteiger partial charge in [0.2, 0.25) is 0 Å². The SMILES string of the molecule is O=PPP. The summed E-state index contributed by atoms with van der Waals surface area (Å²) in [5.41, 5.74) is 0. The lowest BCUT2D eigenvalue weighted by Crippen LogP contribution is -0.805. The lowest BCUT2D eigenvalue weighted by atomic mass is 16.0. The normalized spacial score (nSPS) is 11.2. The second-order valence-corrected chi connectivity index (χ2v) is 4.31. The van der Waals surface area contributed by atoms with Crippen LogP contribution in [0.15, 0.2) is 0 Å². The highest BCUT2D eigenvalue weighted by Crippen LogP contribution is 2.33. The molecule has 0 fully saturated rings. The van der Waals surface area contributed by atoms with Crippen molar-refractivity contribution in [3.63, 3.8) is 0 Å². The van der Waals surface area contributed by atoms with Crippen LogP contribution in [0.1, 0.15) is 0 Å². The highest BCUT2D eigenvalue weighted by molar-refractivity contribution is 8.35. The van der Waals surface area contributed by atoms with Crippen LogP contribution in [0.4, 0.5) is 0 Å². The molecule has 0 N–H and O–H groups in total. The first-order valence-electron chi connectivity index (χ1n) is 0.695. The zero-order valence-corrected chi connectivity index (χ0v) is 4.98. The highest BCUT2D eigenvalue weighted by atomic mass is 32.4. The third kappa shape index (κ3) is 2.96. The fraction of sp³-hybridized carbons (Fsp3) is 0. The standard InChI is InChI=1S/H3OP3/c1-3-4-2/h4H,2H2. The van der Waals surface area contributed by atoms with E-state index >= 15 is 0 Å². The van der Waals surface area contributed by atoms with Gasteiger partial charge in [-0.1, -0.05) is 0 Å². The maximum absolute atomic E-state index is 9.26. The summed E-state index contributed by atoms with van der Waals surface area (Å²) in [6.45, 7) is 0. The van der Waals surface area contributed by atoms with E-state index in [-0.39, 0.29) is 8.15 Å². The first-order chi connectivity index (χ1) is 1.91. The van der Waals surface area contributed by atoms with Gasteiger partial charge in [-0.05, 0) is 7.96 Å². The highest BCUT2D eigenvalue weighted by Gasteiger charge is 1.54. The van der Waals surface area contributed by atoms with E-state index in [1.54, 1.807) is 0 Å². The van der Waals surface area contributed by atoms with Gasteiger partial charge in [0.1, 0.15) is 0 Å². The Hall–Kier alpha value is 0.960. The van der Waals surface area contributed by atoms with Gasteiger partial charge in [0.15, 0.2) is 8.15 Å². The van der Waals surface area contributed by atoms with Crippen molar-refractivity contribution < 1.29 is 4.57 Å². The topological polar surface area (TPSA) is 17.1 Å². The summed E-state index contributed by atoms with van der Waals surface area (Å²) in [5.74, 6) is 0. The molecule has 0 radical (unpaired) electrons. The van der Waals surface area contributed by atoms with Crippen LogP contribution in [0.2, 0.25) is 0 Å². The van der Waals surface area contributed by atoms with Gasteiger partial charge in [0.05, 0.1) is 0 Å². The van der Waals surface area contributed by atoms with Gasteiger partial charge in [-0.2, -0.15) is 0 Å². The fourth-order valence-corrected chi connectivity index (χ4v) is 0. The van der Waals surface area contributed by atoms with Crippen molar-refractivity contribution in [1.82, 2.24) is 0 Å². The Bertz CT molecular complexity index is 17.2. The molecule has 0 aromatic rings. The first kappa shape index (κ1) is 4.96. The summed E-state index contributed by atoms with van der Waals surface area (Å²) in [5, 5.41) is 0. The molecule has 24 valence electrons. The van der Waals surface area contributed by atoms with Crippen LogP contribution in [0, 0.1) is 0 Å². The van der Waals surface area contributed by atoms with E-state index < -0.39 is 0 Å². The van der Waals surface area contributed by atoms with Crippen LogP contribution in [0.25, 0.3) is 0 Å². The van der Waals surface area contributed by atoms with Crippen LogP contribution in [-0.2, 0) is 4.57 Å². The predicted octanol–water partition coefficient (Wildman–Crippen LogP) is 1.66. The van der Waals surface area contributed by atoms with Crippen molar-refractivity contribution in [3.05, 3.63) is 0 Å². The van der Waals surface area contributed by atoms with E-state index in [2.05, 4.69) is 8.93 Å². The zero-order chi connectivity index (χ0) is 3.41. The van der Waals surface area contributed by atoms with E-state index in [1.807, 2.05) is 0 Å². The van der Waals surface area contributed by atoms with Crippen molar-refractivity contribution in [2.75, 3.05) is 0 Å². The monoisotopic (exact) mass is 112 g/mol. The minimum Gasteiger partial charge on any atom is -0.270 e. The average molecular weight is 112 g/mol. The molecule has 0 heterocycles. The van der Waals surface area contributed by atoms with Gasteiger partial charge < -0.3 is 0 Å². The minimum atomic E-state index is 0.239. The molecule has 0 aliphatic rings. The average Bonchev–Trinajstić information content (AvgIpc) is 1.37. The molecule has 4 heavy (non-hydrogen) atoms. The van der Waals surface area contributed by atoms with E-state index in [4.69, 9.17) is 0 Å². The van der Waals surface area contributed by atoms with Gasteiger partial charge in [-0.25, -0.2) is 0 Å². The Morgan fingerprint density at radius 2 is 2.25 bits per heavy atom. The van der Waals surface area contributed by atoms with Crippen LogP contribution >= 0.6 is 25.0 Å². The molecule has 0 aliphatic carbocycles. The van der Waals surface area contributed by atoms with E-state index in [9.17, 15) is 4.57 Å².